The van der Waals surface area contributed by atoms with E-state index in [4.69, 9.17) is 5.11 Å². The topological polar surface area (TPSA) is 42.2 Å². The van der Waals surface area contributed by atoms with Crippen molar-refractivity contribution in [3.63, 3.8) is 0 Å². The third-order valence-corrected chi connectivity index (χ3v) is 3.28. The third-order valence-electron chi connectivity index (χ3n) is 2.39. The Balaban J connectivity index is 2.54. The molecule has 16 heavy (non-hydrogen) atoms. The van der Waals surface area contributed by atoms with Crippen LogP contribution in [0.2, 0.25) is 0 Å². The van der Waals surface area contributed by atoms with Gasteiger partial charge in [0.15, 0.2) is 0 Å². The molecule has 0 aliphatic rings. The molecule has 1 aromatic heterocycles. The first kappa shape index (κ1) is 11.0. The van der Waals surface area contributed by atoms with E-state index in [-0.39, 0.29) is 5.69 Å². The summed E-state index contributed by atoms with van der Waals surface area (Å²) in [5, 5.41) is 9.01. The molecule has 0 atom stereocenters. The average molecular weight is 280 g/mol. The fourth-order valence-corrected chi connectivity index (χ4v) is 1.81. The Bertz CT molecular complexity index is 546. The van der Waals surface area contributed by atoms with E-state index in [0.717, 1.165) is 15.7 Å². The van der Waals surface area contributed by atoms with Crippen LogP contribution < -0.4 is 0 Å². The number of nitrogens with zero attached hydrogens (tertiary/aromatic N) is 1. The summed E-state index contributed by atoms with van der Waals surface area (Å²) in [6.07, 6.45) is 1.74. The van der Waals surface area contributed by atoms with Crippen LogP contribution in [0.3, 0.4) is 0 Å². The van der Waals surface area contributed by atoms with E-state index < -0.39 is 5.97 Å². The summed E-state index contributed by atoms with van der Waals surface area (Å²) in [6, 6.07) is 9.04. The van der Waals surface area contributed by atoms with Crippen LogP contribution in [0, 0.1) is 6.92 Å². The van der Waals surface area contributed by atoms with Gasteiger partial charge in [0.2, 0.25) is 0 Å². The molecule has 2 aromatic rings. The molecule has 0 radical (unpaired) electrons. The number of aryl methyl sites for hydroxylation is 1. The molecule has 0 bridgehead atoms. The fourth-order valence-electron chi connectivity index (χ4n) is 1.56. The lowest BCUT2D eigenvalue weighted by atomic mass is 10.2. The van der Waals surface area contributed by atoms with Gasteiger partial charge in [0, 0.05) is 16.4 Å². The molecule has 0 saturated carbocycles. The van der Waals surface area contributed by atoms with Crippen LogP contribution in [-0.4, -0.2) is 15.6 Å². The van der Waals surface area contributed by atoms with Crippen LogP contribution in [0.5, 0.6) is 0 Å². The van der Waals surface area contributed by atoms with Crippen molar-refractivity contribution in [3.8, 4) is 5.69 Å². The van der Waals surface area contributed by atoms with Crippen molar-refractivity contribution in [2.45, 2.75) is 6.92 Å². The summed E-state index contributed by atoms with van der Waals surface area (Å²) in [6.45, 7) is 1.97. The van der Waals surface area contributed by atoms with Crippen molar-refractivity contribution < 1.29 is 9.90 Å². The normalized spacial score (nSPS) is 10.4. The number of rotatable bonds is 2. The first-order valence-corrected chi connectivity index (χ1v) is 5.56. The standard InChI is InChI=1S/C12H10BrNO2/c1-8-7-9(4-5-10(8)13)14-6-2-3-11(14)12(15)16/h2-7H,1H3,(H,15,16). The van der Waals surface area contributed by atoms with E-state index in [0.29, 0.717) is 0 Å². The summed E-state index contributed by atoms with van der Waals surface area (Å²) in [5.41, 5.74) is 2.19. The maximum absolute atomic E-state index is 11.0. The number of hydrogen-bond donors (Lipinski definition) is 1. The maximum Gasteiger partial charge on any atom is 0.352 e. The highest BCUT2D eigenvalue weighted by Crippen LogP contribution is 2.20. The molecule has 3 nitrogen and oxygen atoms in total. The molecule has 0 aliphatic heterocycles. The van der Waals surface area contributed by atoms with Gasteiger partial charge in [0.25, 0.3) is 0 Å². The van der Waals surface area contributed by atoms with Crippen LogP contribution >= 0.6 is 15.9 Å². The molecule has 2 rings (SSSR count). The number of halogens is 1. The van der Waals surface area contributed by atoms with Gasteiger partial charge in [-0.1, -0.05) is 15.9 Å². The second kappa shape index (κ2) is 4.14. The van der Waals surface area contributed by atoms with Gasteiger partial charge in [-0.3, -0.25) is 0 Å². The Morgan fingerprint density at radius 3 is 2.75 bits per heavy atom. The number of aromatic carboxylic acids is 1. The zero-order valence-corrected chi connectivity index (χ0v) is 10.2. The highest BCUT2D eigenvalue weighted by Gasteiger charge is 2.10. The van der Waals surface area contributed by atoms with Crippen LogP contribution in [0.4, 0.5) is 0 Å². The first-order chi connectivity index (χ1) is 7.59. The Hall–Kier alpha value is -1.55. The zero-order chi connectivity index (χ0) is 11.7. The third kappa shape index (κ3) is 1.88. The molecule has 0 spiro atoms. The van der Waals surface area contributed by atoms with Crippen LogP contribution in [0.15, 0.2) is 41.0 Å². The van der Waals surface area contributed by atoms with E-state index in [2.05, 4.69) is 15.9 Å². The number of carboxylic acid groups (broad SMARTS) is 1. The maximum atomic E-state index is 11.0. The summed E-state index contributed by atoms with van der Waals surface area (Å²) < 4.78 is 2.67. The van der Waals surface area contributed by atoms with E-state index in [1.807, 2.05) is 25.1 Å². The number of carbonyl (C=O) groups is 1. The van der Waals surface area contributed by atoms with E-state index in [1.54, 1.807) is 22.9 Å². The Morgan fingerprint density at radius 1 is 1.38 bits per heavy atom. The fraction of sp³-hybridized carbons (Fsp3) is 0.0833. The van der Waals surface area contributed by atoms with Gasteiger partial charge in [-0.15, -0.1) is 0 Å². The summed E-state index contributed by atoms with van der Waals surface area (Å²) in [5.74, 6) is -0.925. The molecule has 4 heteroatoms. The lowest BCUT2D eigenvalue weighted by Gasteiger charge is -2.08. The number of benzene rings is 1. The summed E-state index contributed by atoms with van der Waals surface area (Å²) in [4.78, 5) is 11.0. The lowest BCUT2D eigenvalue weighted by Crippen LogP contribution is -2.05. The summed E-state index contributed by atoms with van der Waals surface area (Å²) >= 11 is 3.41. The second-order valence-corrected chi connectivity index (χ2v) is 4.36. The first-order valence-electron chi connectivity index (χ1n) is 4.77. The molecule has 0 amide bonds. The minimum Gasteiger partial charge on any atom is -0.477 e. The van der Waals surface area contributed by atoms with Gasteiger partial charge >= 0.3 is 5.97 Å². The minimum absolute atomic E-state index is 0.265. The molecular weight excluding hydrogens is 270 g/mol. The minimum atomic E-state index is -0.925. The van der Waals surface area contributed by atoms with Gasteiger partial charge < -0.3 is 9.67 Å². The molecule has 1 heterocycles. The Kier molecular flexibility index (Phi) is 2.83. The predicted molar refractivity (Wildman–Crippen MR) is 65.2 cm³/mol. The highest BCUT2D eigenvalue weighted by molar-refractivity contribution is 9.10. The van der Waals surface area contributed by atoms with Gasteiger partial charge in [0.1, 0.15) is 5.69 Å². The van der Waals surface area contributed by atoms with Crippen LogP contribution in [-0.2, 0) is 0 Å². The Morgan fingerprint density at radius 2 is 2.12 bits per heavy atom. The number of carboxylic acids is 1. The van der Waals surface area contributed by atoms with Gasteiger partial charge in [-0.2, -0.15) is 0 Å². The van der Waals surface area contributed by atoms with Crippen molar-refractivity contribution in [1.82, 2.24) is 4.57 Å². The van der Waals surface area contributed by atoms with Crippen molar-refractivity contribution in [2.75, 3.05) is 0 Å². The largest absolute Gasteiger partial charge is 0.477 e. The molecule has 0 aliphatic carbocycles. The molecule has 1 aromatic carbocycles. The zero-order valence-electron chi connectivity index (χ0n) is 8.64. The molecule has 82 valence electrons. The van der Waals surface area contributed by atoms with E-state index in [9.17, 15) is 4.79 Å². The SMILES string of the molecule is Cc1cc(-n2cccc2C(=O)O)ccc1Br. The Labute approximate surface area is 101 Å². The van der Waals surface area contributed by atoms with Gasteiger partial charge in [0.05, 0.1) is 0 Å². The molecule has 0 fully saturated rings. The molecule has 0 unspecified atom stereocenters. The van der Waals surface area contributed by atoms with Gasteiger partial charge in [-0.25, -0.2) is 4.79 Å². The van der Waals surface area contributed by atoms with E-state index >= 15 is 0 Å². The summed E-state index contributed by atoms with van der Waals surface area (Å²) in [7, 11) is 0. The van der Waals surface area contributed by atoms with Crippen LogP contribution in [0.25, 0.3) is 5.69 Å². The van der Waals surface area contributed by atoms with Gasteiger partial charge in [-0.05, 0) is 42.8 Å². The van der Waals surface area contributed by atoms with Crippen molar-refractivity contribution in [2.24, 2.45) is 0 Å². The van der Waals surface area contributed by atoms with E-state index in [1.165, 1.54) is 0 Å². The highest BCUT2D eigenvalue weighted by atomic mass is 79.9. The molecular formula is C12H10BrNO2. The van der Waals surface area contributed by atoms with Crippen LogP contribution in [0.1, 0.15) is 16.1 Å². The average Bonchev–Trinajstić information content (AvgIpc) is 2.71. The van der Waals surface area contributed by atoms with Crippen molar-refractivity contribution >= 4 is 21.9 Å². The second-order valence-electron chi connectivity index (χ2n) is 3.50. The van der Waals surface area contributed by atoms with Crippen molar-refractivity contribution in [3.05, 3.63) is 52.3 Å². The number of hydrogen-bond acceptors (Lipinski definition) is 1. The predicted octanol–water partition coefficient (Wildman–Crippen LogP) is 3.25. The lowest BCUT2D eigenvalue weighted by molar-refractivity contribution is 0.0688. The molecule has 0 saturated heterocycles. The van der Waals surface area contributed by atoms with Crippen molar-refractivity contribution in [1.29, 1.82) is 0 Å². The number of aromatic nitrogens is 1. The quantitative estimate of drug-likeness (QED) is 0.917. The molecule has 1 N–H and O–H groups in total. The monoisotopic (exact) mass is 279 g/mol. The smallest absolute Gasteiger partial charge is 0.352 e.